The number of carbonyl (C=O) groups is 1. The first kappa shape index (κ1) is 10.5. The summed E-state index contributed by atoms with van der Waals surface area (Å²) in [6.07, 6.45) is 2.64. The zero-order valence-electron chi connectivity index (χ0n) is 8.55. The fraction of sp³-hybridized carbons (Fsp3) is 0.900. The molecule has 76 valence electrons. The van der Waals surface area contributed by atoms with Crippen molar-refractivity contribution in [2.75, 3.05) is 19.7 Å². The molecule has 1 rings (SSSR count). The molecule has 3 nitrogen and oxygen atoms in total. The van der Waals surface area contributed by atoms with Gasteiger partial charge in [-0.05, 0) is 18.3 Å². The van der Waals surface area contributed by atoms with Crippen molar-refractivity contribution in [3.63, 3.8) is 0 Å². The molecule has 1 heterocycles. The van der Waals surface area contributed by atoms with E-state index in [0.29, 0.717) is 13.0 Å². The van der Waals surface area contributed by atoms with Crippen molar-refractivity contribution in [2.45, 2.75) is 33.1 Å². The van der Waals surface area contributed by atoms with Crippen LogP contribution in [0.25, 0.3) is 0 Å². The van der Waals surface area contributed by atoms with Gasteiger partial charge < -0.3 is 10.0 Å². The summed E-state index contributed by atoms with van der Waals surface area (Å²) in [5.74, 6) is 0.194. The van der Waals surface area contributed by atoms with E-state index < -0.39 is 0 Å². The molecule has 0 aromatic heterocycles. The fourth-order valence-electron chi connectivity index (χ4n) is 1.65. The Balaban J connectivity index is 2.54. The minimum absolute atomic E-state index is 0.0756. The third-order valence-corrected chi connectivity index (χ3v) is 2.80. The van der Waals surface area contributed by atoms with Crippen LogP contribution in [0.4, 0.5) is 0 Å². The van der Waals surface area contributed by atoms with Gasteiger partial charge >= 0.3 is 0 Å². The average Bonchev–Trinajstić information content (AvgIpc) is 2.18. The highest BCUT2D eigenvalue weighted by Crippen LogP contribution is 2.29. The third-order valence-electron chi connectivity index (χ3n) is 2.80. The zero-order chi connectivity index (χ0) is 9.90. The van der Waals surface area contributed by atoms with Gasteiger partial charge in [0.1, 0.15) is 0 Å². The second kappa shape index (κ2) is 4.09. The van der Waals surface area contributed by atoms with E-state index in [-0.39, 0.29) is 17.9 Å². The molecule has 13 heavy (non-hydrogen) atoms. The Kier molecular flexibility index (Phi) is 3.31. The molecule has 0 aromatic carbocycles. The number of hydrogen-bond donors (Lipinski definition) is 1. The van der Waals surface area contributed by atoms with Gasteiger partial charge in [-0.25, -0.2) is 0 Å². The third kappa shape index (κ3) is 2.99. The number of aliphatic hydroxyl groups excluding tert-OH is 1. The first-order valence-electron chi connectivity index (χ1n) is 4.94. The molecule has 1 N–H and O–H groups in total. The van der Waals surface area contributed by atoms with Crippen LogP contribution in [0, 0.1) is 5.41 Å². The summed E-state index contributed by atoms with van der Waals surface area (Å²) in [5.41, 5.74) is 0.278. The Morgan fingerprint density at radius 3 is 2.77 bits per heavy atom. The largest absolute Gasteiger partial charge is 0.395 e. The summed E-state index contributed by atoms with van der Waals surface area (Å²) in [6, 6.07) is 0. The second-order valence-electron chi connectivity index (χ2n) is 4.52. The number of rotatable bonds is 2. The number of β-amino-alcohol motifs (C(OH)–C–C–N with tert-alkyl or cyclic N) is 1. The lowest BCUT2D eigenvalue weighted by atomic mass is 9.85. The standard InChI is InChI=1S/C10H19NO2/c1-10(2)4-3-9(13)11(6-5-10)7-8-12/h12H,3-8H2,1-2H3. The van der Waals surface area contributed by atoms with Crippen LogP contribution in [0.5, 0.6) is 0 Å². The molecule has 0 aliphatic carbocycles. The van der Waals surface area contributed by atoms with Gasteiger partial charge in [0.2, 0.25) is 5.91 Å². The Hall–Kier alpha value is -0.570. The molecular formula is C10H19NO2. The van der Waals surface area contributed by atoms with Gasteiger partial charge in [-0.3, -0.25) is 4.79 Å². The number of hydrogen-bond acceptors (Lipinski definition) is 2. The van der Waals surface area contributed by atoms with Crippen LogP contribution < -0.4 is 0 Å². The van der Waals surface area contributed by atoms with E-state index in [1.165, 1.54) is 0 Å². The molecule has 3 heteroatoms. The summed E-state index contributed by atoms with van der Waals surface area (Å²) in [7, 11) is 0. The molecule has 1 fully saturated rings. The number of nitrogens with zero attached hydrogens (tertiary/aromatic N) is 1. The van der Waals surface area contributed by atoms with E-state index in [9.17, 15) is 4.79 Å². The molecule has 0 radical (unpaired) electrons. The van der Waals surface area contributed by atoms with E-state index in [2.05, 4.69) is 13.8 Å². The Bertz CT molecular complexity index is 189. The van der Waals surface area contributed by atoms with E-state index in [0.717, 1.165) is 19.4 Å². The van der Waals surface area contributed by atoms with Crippen LogP contribution in [-0.2, 0) is 4.79 Å². The predicted octanol–water partition coefficient (Wildman–Crippen LogP) is 1.02. The average molecular weight is 185 g/mol. The normalized spacial score (nSPS) is 23.0. The van der Waals surface area contributed by atoms with Crippen molar-refractivity contribution in [1.82, 2.24) is 4.90 Å². The highest BCUT2D eigenvalue weighted by atomic mass is 16.3. The topological polar surface area (TPSA) is 40.5 Å². The maximum Gasteiger partial charge on any atom is 0.222 e. The zero-order valence-corrected chi connectivity index (χ0v) is 8.55. The molecule has 1 aliphatic rings. The van der Waals surface area contributed by atoms with Crippen molar-refractivity contribution < 1.29 is 9.90 Å². The van der Waals surface area contributed by atoms with Gasteiger partial charge in [0, 0.05) is 19.5 Å². The minimum atomic E-state index is 0.0756. The lowest BCUT2D eigenvalue weighted by Gasteiger charge is -2.22. The maximum absolute atomic E-state index is 11.5. The van der Waals surface area contributed by atoms with Crippen LogP contribution >= 0.6 is 0 Å². The van der Waals surface area contributed by atoms with Crippen LogP contribution in [0.15, 0.2) is 0 Å². The molecular weight excluding hydrogens is 166 g/mol. The molecule has 0 atom stereocenters. The minimum Gasteiger partial charge on any atom is -0.395 e. The van der Waals surface area contributed by atoms with Gasteiger partial charge in [0.15, 0.2) is 0 Å². The number of likely N-dealkylation sites (tertiary alicyclic amines) is 1. The molecule has 1 amide bonds. The van der Waals surface area contributed by atoms with Gasteiger partial charge in [-0.2, -0.15) is 0 Å². The predicted molar refractivity (Wildman–Crippen MR) is 51.3 cm³/mol. The van der Waals surface area contributed by atoms with Crippen LogP contribution in [0.2, 0.25) is 0 Å². The molecule has 1 aliphatic heterocycles. The Labute approximate surface area is 79.7 Å². The second-order valence-corrected chi connectivity index (χ2v) is 4.52. The molecule has 0 unspecified atom stereocenters. The van der Waals surface area contributed by atoms with Gasteiger partial charge in [0.25, 0.3) is 0 Å². The van der Waals surface area contributed by atoms with Gasteiger partial charge in [0.05, 0.1) is 6.61 Å². The van der Waals surface area contributed by atoms with Crippen molar-refractivity contribution in [3.05, 3.63) is 0 Å². The number of carbonyl (C=O) groups excluding carboxylic acids is 1. The monoisotopic (exact) mass is 185 g/mol. The molecule has 0 bridgehead atoms. The quantitative estimate of drug-likeness (QED) is 0.697. The van der Waals surface area contributed by atoms with Gasteiger partial charge in [-0.1, -0.05) is 13.8 Å². The van der Waals surface area contributed by atoms with Crippen molar-refractivity contribution in [3.8, 4) is 0 Å². The summed E-state index contributed by atoms with van der Waals surface area (Å²) >= 11 is 0. The SMILES string of the molecule is CC1(C)CCC(=O)N(CCO)CC1. The Morgan fingerprint density at radius 1 is 1.46 bits per heavy atom. The molecule has 0 spiro atoms. The van der Waals surface area contributed by atoms with Crippen molar-refractivity contribution >= 4 is 5.91 Å². The highest BCUT2D eigenvalue weighted by Gasteiger charge is 2.26. The van der Waals surface area contributed by atoms with Crippen molar-refractivity contribution in [2.24, 2.45) is 5.41 Å². The van der Waals surface area contributed by atoms with Crippen LogP contribution in [0.1, 0.15) is 33.1 Å². The first-order valence-corrected chi connectivity index (χ1v) is 4.94. The number of amides is 1. The summed E-state index contributed by atoms with van der Waals surface area (Å²) < 4.78 is 0. The maximum atomic E-state index is 11.5. The fourth-order valence-corrected chi connectivity index (χ4v) is 1.65. The molecule has 0 aromatic rings. The Morgan fingerprint density at radius 2 is 2.15 bits per heavy atom. The van der Waals surface area contributed by atoms with Crippen LogP contribution in [-0.4, -0.2) is 35.6 Å². The van der Waals surface area contributed by atoms with E-state index in [1.54, 1.807) is 4.90 Å². The van der Waals surface area contributed by atoms with Crippen molar-refractivity contribution in [1.29, 1.82) is 0 Å². The van der Waals surface area contributed by atoms with E-state index in [1.807, 2.05) is 0 Å². The van der Waals surface area contributed by atoms with Crippen LogP contribution in [0.3, 0.4) is 0 Å². The van der Waals surface area contributed by atoms with Gasteiger partial charge in [-0.15, -0.1) is 0 Å². The summed E-state index contributed by atoms with van der Waals surface area (Å²) in [5, 5.41) is 8.76. The number of aliphatic hydroxyl groups is 1. The van der Waals surface area contributed by atoms with E-state index in [4.69, 9.17) is 5.11 Å². The first-order chi connectivity index (χ1) is 6.05. The lowest BCUT2D eigenvalue weighted by molar-refractivity contribution is -0.131. The summed E-state index contributed by atoms with van der Waals surface area (Å²) in [4.78, 5) is 13.3. The molecule has 0 saturated carbocycles. The summed E-state index contributed by atoms with van der Waals surface area (Å²) in [6.45, 7) is 5.76. The smallest absolute Gasteiger partial charge is 0.222 e. The lowest BCUT2D eigenvalue weighted by Crippen LogP contribution is -2.33. The van der Waals surface area contributed by atoms with E-state index >= 15 is 0 Å². The molecule has 1 saturated heterocycles. The highest BCUT2D eigenvalue weighted by molar-refractivity contribution is 5.76.